The van der Waals surface area contributed by atoms with E-state index in [1.165, 1.54) is 12.1 Å². The molecule has 0 saturated carbocycles. The molecule has 0 radical (unpaired) electrons. The zero-order valence-corrected chi connectivity index (χ0v) is 11.4. The van der Waals surface area contributed by atoms with E-state index in [1.807, 2.05) is 13.8 Å². The van der Waals surface area contributed by atoms with Crippen molar-refractivity contribution in [3.8, 4) is 5.75 Å². The summed E-state index contributed by atoms with van der Waals surface area (Å²) in [4.78, 5) is 11.2. The van der Waals surface area contributed by atoms with Gasteiger partial charge in [0.25, 0.3) is 0 Å². The van der Waals surface area contributed by atoms with Crippen molar-refractivity contribution in [1.82, 2.24) is 5.32 Å². The zero-order valence-electron chi connectivity index (χ0n) is 11.4. The maximum atomic E-state index is 13.9. The van der Waals surface area contributed by atoms with Crippen molar-refractivity contribution in [2.24, 2.45) is 0 Å². The van der Waals surface area contributed by atoms with Crippen molar-refractivity contribution in [3.63, 3.8) is 0 Å². The Balaban J connectivity index is 2.12. The van der Waals surface area contributed by atoms with E-state index in [2.05, 4.69) is 10.1 Å². The van der Waals surface area contributed by atoms with Crippen LogP contribution in [0.5, 0.6) is 5.75 Å². The lowest BCUT2D eigenvalue weighted by Gasteiger charge is -2.14. The number of rotatable bonds is 5. The highest BCUT2D eigenvalue weighted by atomic mass is 19.1. The molecule has 4 nitrogen and oxygen atoms in total. The van der Waals surface area contributed by atoms with E-state index >= 15 is 0 Å². The summed E-state index contributed by atoms with van der Waals surface area (Å²) in [6, 6.07) is 2.62. The molecule has 2 rings (SSSR count). The lowest BCUT2D eigenvalue weighted by atomic mass is 10.2. The van der Waals surface area contributed by atoms with Gasteiger partial charge in [-0.15, -0.1) is 0 Å². The quantitative estimate of drug-likeness (QED) is 0.842. The fourth-order valence-electron chi connectivity index (χ4n) is 1.88. The zero-order chi connectivity index (χ0) is 14.7. The predicted octanol–water partition coefficient (Wildman–Crippen LogP) is 2.16. The Morgan fingerprint density at radius 2 is 2.05 bits per heavy atom. The van der Waals surface area contributed by atoms with Gasteiger partial charge in [-0.05, 0) is 17.7 Å². The third-order valence-corrected chi connectivity index (χ3v) is 2.92. The van der Waals surface area contributed by atoms with Crippen LogP contribution < -0.4 is 10.1 Å². The Hall–Kier alpha value is -1.69. The molecule has 0 amide bonds. The molecule has 20 heavy (non-hydrogen) atoms. The molecule has 0 aliphatic carbocycles. The minimum Gasteiger partial charge on any atom is -0.472 e. The van der Waals surface area contributed by atoms with Crippen molar-refractivity contribution in [1.29, 1.82) is 0 Å². The highest BCUT2D eigenvalue weighted by Gasteiger charge is 2.30. The lowest BCUT2D eigenvalue weighted by molar-refractivity contribution is -0.143. The maximum Gasteiger partial charge on any atom is 0.347 e. The summed E-state index contributed by atoms with van der Waals surface area (Å²) in [7, 11) is 0. The van der Waals surface area contributed by atoms with Crippen LogP contribution in [0.2, 0.25) is 0 Å². The minimum atomic E-state index is -0.932. The molecule has 1 aliphatic heterocycles. The van der Waals surface area contributed by atoms with Crippen molar-refractivity contribution in [2.75, 3.05) is 6.61 Å². The number of esters is 1. The Morgan fingerprint density at radius 1 is 1.40 bits per heavy atom. The van der Waals surface area contributed by atoms with Gasteiger partial charge in [-0.3, -0.25) is 0 Å². The first kappa shape index (κ1) is 14.7. The summed E-state index contributed by atoms with van der Waals surface area (Å²) in [5.41, 5.74) is 0.482. The molecule has 0 spiro atoms. The van der Waals surface area contributed by atoms with Crippen LogP contribution in [-0.2, 0) is 16.1 Å². The van der Waals surface area contributed by atoms with E-state index in [1.54, 1.807) is 0 Å². The molecular formula is C14H17F2NO3. The largest absolute Gasteiger partial charge is 0.472 e. The van der Waals surface area contributed by atoms with Crippen molar-refractivity contribution in [2.45, 2.75) is 39.0 Å². The summed E-state index contributed by atoms with van der Waals surface area (Å²) < 4.78 is 37.5. The molecular weight excluding hydrogens is 268 g/mol. The number of carbonyl (C=O) groups is 1. The van der Waals surface area contributed by atoms with Crippen LogP contribution in [-0.4, -0.2) is 24.7 Å². The minimum absolute atomic E-state index is 0.211. The van der Waals surface area contributed by atoms with Gasteiger partial charge in [-0.1, -0.05) is 13.8 Å². The van der Waals surface area contributed by atoms with Crippen molar-refractivity contribution in [3.05, 3.63) is 29.3 Å². The highest BCUT2D eigenvalue weighted by Crippen LogP contribution is 2.26. The van der Waals surface area contributed by atoms with E-state index in [-0.39, 0.29) is 12.6 Å². The van der Waals surface area contributed by atoms with Crippen LogP contribution in [0.4, 0.5) is 8.78 Å². The number of hydrogen-bond acceptors (Lipinski definition) is 4. The smallest absolute Gasteiger partial charge is 0.347 e. The van der Waals surface area contributed by atoms with E-state index in [0.29, 0.717) is 18.5 Å². The Kier molecular flexibility index (Phi) is 4.54. The van der Waals surface area contributed by atoms with Crippen LogP contribution >= 0.6 is 0 Å². The average Bonchev–Trinajstić information content (AvgIpc) is 2.77. The standard InChI is InChI=1S/C14H17F2NO3/c1-8(2)17-7-9-5-10(15)13(11(16)6-9)20-12-3-4-19-14(12)18/h5-6,8,12,17H,3-4,7H2,1-2H3. The van der Waals surface area contributed by atoms with Gasteiger partial charge in [-0.2, -0.15) is 0 Å². The average molecular weight is 285 g/mol. The first-order valence-electron chi connectivity index (χ1n) is 6.52. The van der Waals surface area contributed by atoms with Crippen LogP contribution in [0, 0.1) is 11.6 Å². The molecule has 1 atom stereocenters. The fraction of sp³-hybridized carbons (Fsp3) is 0.500. The summed E-state index contributed by atoms with van der Waals surface area (Å²) in [6.45, 7) is 4.45. The molecule has 1 aromatic carbocycles. The van der Waals surface area contributed by atoms with Gasteiger partial charge < -0.3 is 14.8 Å². The van der Waals surface area contributed by atoms with Gasteiger partial charge in [-0.25, -0.2) is 13.6 Å². The Morgan fingerprint density at radius 3 is 2.55 bits per heavy atom. The number of carbonyl (C=O) groups excluding carboxylic acids is 1. The number of halogens is 2. The topological polar surface area (TPSA) is 47.6 Å². The summed E-state index contributed by atoms with van der Waals surface area (Å²) in [6.07, 6.45) is -0.632. The first-order chi connectivity index (χ1) is 9.47. The molecule has 110 valence electrons. The number of ether oxygens (including phenoxy) is 2. The monoisotopic (exact) mass is 285 g/mol. The Bertz CT molecular complexity index is 482. The molecule has 6 heteroatoms. The summed E-state index contributed by atoms with van der Waals surface area (Å²) in [5, 5.41) is 3.07. The molecule has 1 fully saturated rings. The SMILES string of the molecule is CC(C)NCc1cc(F)c(OC2CCOC2=O)c(F)c1. The normalized spacial score (nSPS) is 18.4. The highest BCUT2D eigenvalue weighted by molar-refractivity contribution is 5.76. The second kappa shape index (κ2) is 6.17. The molecule has 1 unspecified atom stereocenters. The summed E-state index contributed by atoms with van der Waals surface area (Å²) >= 11 is 0. The van der Waals surface area contributed by atoms with E-state index in [0.717, 1.165) is 0 Å². The van der Waals surface area contributed by atoms with Gasteiger partial charge in [0.05, 0.1) is 6.61 Å². The van der Waals surface area contributed by atoms with Gasteiger partial charge in [0, 0.05) is 19.0 Å². The number of nitrogens with one attached hydrogen (secondary N) is 1. The van der Waals surface area contributed by atoms with Gasteiger partial charge in [0.2, 0.25) is 0 Å². The molecule has 1 N–H and O–H groups in total. The fourth-order valence-corrected chi connectivity index (χ4v) is 1.88. The van der Waals surface area contributed by atoms with Gasteiger partial charge in [0.15, 0.2) is 23.5 Å². The third-order valence-electron chi connectivity index (χ3n) is 2.92. The first-order valence-corrected chi connectivity index (χ1v) is 6.52. The Labute approximate surface area is 116 Å². The van der Waals surface area contributed by atoms with Crippen LogP contribution in [0.1, 0.15) is 25.8 Å². The maximum absolute atomic E-state index is 13.9. The molecule has 1 heterocycles. The van der Waals surface area contributed by atoms with E-state index in [9.17, 15) is 13.6 Å². The number of cyclic esters (lactones) is 1. The predicted molar refractivity (Wildman–Crippen MR) is 68.3 cm³/mol. The van der Waals surface area contributed by atoms with Crippen LogP contribution in [0.25, 0.3) is 0 Å². The molecule has 1 saturated heterocycles. The van der Waals surface area contributed by atoms with E-state index < -0.39 is 29.5 Å². The molecule has 0 bridgehead atoms. The van der Waals surface area contributed by atoms with Gasteiger partial charge >= 0.3 is 5.97 Å². The lowest BCUT2D eigenvalue weighted by Crippen LogP contribution is -2.24. The van der Waals surface area contributed by atoms with Crippen LogP contribution in [0.15, 0.2) is 12.1 Å². The van der Waals surface area contributed by atoms with E-state index in [4.69, 9.17) is 4.74 Å². The number of benzene rings is 1. The molecule has 0 aromatic heterocycles. The number of hydrogen-bond donors (Lipinski definition) is 1. The molecule has 1 aromatic rings. The van der Waals surface area contributed by atoms with Crippen molar-refractivity contribution >= 4 is 5.97 Å². The molecule has 1 aliphatic rings. The summed E-state index contributed by atoms with van der Waals surface area (Å²) in [5.74, 6) is -2.74. The van der Waals surface area contributed by atoms with Crippen LogP contribution in [0.3, 0.4) is 0 Å². The second-order valence-electron chi connectivity index (χ2n) is 4.99. The van der Waals surface area contributed by atoms with Gasteiger partial charge in [0.1, 0.15) is 0 Å². The van der Waals surface area contributed by atoms with Crippen molar-refractivity contribution < 1.29 is 23.0 Å². The third kappa shape index (κ3) is 3.45. The second-order valence-corrected chi connectivity index (χ2v) is 4.99.